The first-order valence-electron chi connectivity index (χ1n) is 5.77. The van der Waals surface area contributed by atoms with Gasteiger partial charge >= 0.3 is 0 Å². The van der Waals surface area contributed by atoms with Gasteiger partial charge in [-0.2, -0.15) is 0 Å². The van der Waals surface area contributed by atoms with Crippen molar-refractivity contribution in [3.63, 3.8) is 0 Å². The number of nitrogens with one attached hydrogen (secondary N) is 2. The number of aromatic nitrogens is 2. The molecule has 0 saturated heterocycles. The predicted octanol–water partition coefficient (Wildman–Crippen LogP) is 2.65. The summed E-state index contributed by atoms with van der Waals surface area (Å²) in [5.74, 6) is 0.274. The summed E-state index contributed by atoms with van der Waals surface area (Å²) in [5.41, 5.74) is 2.36. The highest BCUT2D eigenvalue weighted by molar-refractivity contribution is 5.99. The van der Waals surface area contributed by atoms with Crippen molar-refractivity contribution in [2.24, 2.45) is 0 Å². The highest BCUT2D eigenvalue weighted by Gasteiger charge is 2.01. The molecule has 2 rings (SSSR count). The number of carbonyl (C=O) groups is 1. The summed E-state index contributed by atoms with van der Waals surface area (Å²) < 4.78 is 0. The molecule has 2 N–H and O–H groups in total. The number of rotatable bonds is 4. The lowest BCUT2D eigenvalue weighted by Crippen LogP contribution is -2.07. The molecule has 0 bridgehead atoms. The molecule has 96 valence electrons. The molecule has 0 aliphatic rings. The Labute approximate surface area is 111 Å². The van der Waals surface area contributed by atoms with Crippen LogP contribution in [0.2, 0.25) is 0 Å². The molecular weight excluding hydrogens is 240 g/mol. The standard InChI is InChI=1S/C14H14N4O/c1-3-13(19)17-11-5-4-6-12(9-11)18-14-15-8-7-10(2)16-14/h3-9H,1H2,2H3,(H,17,19)(H,15,16,18). The Bertz CT molecular complexity index is 610. The molecule has 0 saturated carbocycles. The second-order valence-corrected chi connectivity index (χ2v) is 3.92. The molecule has 1 heterocycles. The Balaban J connectivity index is 2.15. The zero-order valence-corrected chi connectivity index (χ0v) is 10.6. The fourth-order valence-electron chi connectivity index (χ4n) is 1.51. The molecule has 5 nitrogen and oxygen atoms in total. The molecule has 0 radical (unpaired) electrons. The van der Waals surface area contributed by atoms with Gasteiger partial charge in [-0.3, -0.25) is 4.79 Å². The maximum atomic E-state index is 11.2. The summed E-state index contributed by atoms with van der Waals surface area (Å²) in [5, 5.41) is 5.77. The van der Waals surface area contributed by atoms with Crippen molar-refractivity contribution < 1.29 is 4.79 Å². The van der Waals surface area contributed by atoms with Crippen LogP contribution in [0.1, 0.15) is 5.69 Å². The first-order valence-corrected chi connectivity index (χ1v) is 5.77. The molecule has 0 aliphatic heterocycles. The molecule has 0 atom stereocenters. The van der Waals surface area contributed by atoms with Gasteiger partial charge in [0.25, 0.3) is 0 Å². The summed E-state index contributed by atoms with van der Waals surface area (Å²) in [6, 6.07) is 9.12. The molecule has 0 spiro atoms. The van der Waals surface area contributed by atoms with E-state index in [4.69, 9.17) is 0 Å². The van der Waals surface area contributed by atoms with Crippen LogP contribution >= 0.6 is 0 Å². The first-order chi connectivity index (χ1) is 9.17. The van der Waals surface area contributed by atoms with Crippen LogP contribution in [0.3, 0.4) is 0 Å². The fraction of sp³-hybridized carbons (Fsp3) is 0.0714. The van der Waals surface area contributed by atoms with Crippen LogP contribution in [0, 0.1) is 6.92 Å². The minimum Gasteiger partial charge on any atom is -0.324 e. The summed E-state index contributed by atoms with van der Waals surface area (Å²) in [7, 11) is 0. The Morgan fingerprint density at radius 3 is 2.84 bits per heavy atom. The van der Waals surface area contributed by atoms with Gasteiger partial charge in [0.05, 0.1) is 0 Å². The highest BCUT2D eigenvalue weighted by atomic mass is 16.1. The van der Waals surface area contributed by atoms with Crippen LogP contribution < -0.4 is 10.6 Å². The van der Waals surface area contributed by atoms with Gasteiger partial charge in [-0.15, -0.1) is 0 Å². The van der Waals surface area contributed by atoms with Gasteiger partial charge in [-0.25, -0.2) is 9.97 Å². The average molecular weight is 254 g/mol. The Hall–Kier alpha value is -2.69. The Kier molecular flexibility index (Phi) is 3.87. The third kappa shape index (κ3) is 3.64. The minimum atomic E-state index is -0.246. The summed E-state index contributed by atoms with van der Waals surface area (Å²) in [6.07, 6.45) is 2.91. The average Bonchev–Trinajstić information content (AvgIpc) is 2.39. The van der Waals surface area contributed by atoms with Gasteiger partial charge in [0.15, 0.2) is 0 Å². The SMILES string of the molecule is C=CC(=O)Nc1cccc(Nc2nccc(C)n2)c1. The third-order valence-electron chi connectivity index (χ3n) is 2.37. The van der Waals surface area contributed by atoms with Crippen LogP contribution in [-0.4, -0.2) is 15.9 Å². The number of aryl methyl sites for hydroxylation is 1. The third-order valence-corrected chi connectivity index (χ3v) is 2.37. The number of nitrogens with zero attached hydrogens (tertiary/aromatic N) is 2. The highest BCUT2D eigenvalue weighted by Crippen LogP contribution is 2.18. The van der Waals surface area contributed by atoms with Crippen LogP contribution in [-0.2, 0) is 4.79 Å². The second-order valence-electron chi connectivity index (χ2n) is 3.92. The molecule has 2 aromatic rings. The van der Waals surface area contributed by atoms with Gasteiger partial charge in [0.2, 0.25) is 11.9 Å². The molecule has 1 amide bonds. The van der Waals surface area contributed by atoms with Crippen molar-refractivity contribution in [1.29, 1.82) is 0 Å². The summed E-state index contributed by atoms with van der Waals surface area (Å²) in [6.45, 7) is 5.31. The molecule has 1 aromatic heterocycles. The van der Waals surface area contributed by atoms with E-state index in [1.54, 1.807) is 18.3 Å². The van der Waals surface area contributed by atoms with Gasteiger partial charge in [-0.1, -0.05) is 12.6 Å². The van der Waals surface area contributed by atoms with Crippen LogP contribution in [0.25, 0.3) is 0 Å². The predicted molar refractivity (Wildman–Crippen MR) is 75.3 cm³/mol. The van der Waals surface area contributed by atoms with Crippen molar-refractivity contribution in [2.45, 2.75) is 6.92 Å². The van der Waals surface area contributed by atoms with E-state index in [0.717, 1.165) is 11.4 Å². The summed E-state index contributed by atoms with van der Waals surface area (Å²) in [4.78, 5) is 19.6. The molecule has 0 aliphatic carbocycles. The van der Waals surface area contributed by atoms with E-state index in [2.05, 4.69) is 27.2 Å². The number of hydrogen-bond acceptors (Lipinski definition) is 4. The Morgan fingerprint density at radius 2 is 2.11 bits per heavy atom. The van der Waals surface area contributed by atoms with Crippen molar-refractivity contribution in [3.05, 3.63) is 54.9 Å². The minimum absolute atomic E-state index is 0.246. The molecule has 0 unspecified atom stereocenters. The number of amides is 1. The van der Waals surface area contributed by atoms with E-state index >= 15 is 0 Å². The van der Waals surface area contributed by atoms with Crippen molar-refractivity contribution >= 4 is 23.2 Å². The van der Waals surface area contributed by atoms with Gasteiger partial charge in [-0.05, 0) is 37.3 Å². The maximum Gasteiger partial charge on any atom is 0.247 e. The maximum absolute atomic E-state index is 11.2. The molecule has 0 fully saturated rings. The fourth-order valence-corrected chi connectivity index (χ4v) is 1.51. The first kappa shape index (κ1) is 12.8. The zero-order valence-electron chi connectivity index (χ0n) is 10.6. The van der Waals surface area contributed by atoms with Crippen LogP contribution in [0.5, 0.6) is 0 Å². The summed E-state index contributed by atoms with van der Waals surface area (Å²) >= 11 is 0. The number of carbonyl (C=O) groups excluding carboxylic acids is 1. The van der Waals surface area contributed by atoms with Crippen molar-refractivity contribution in [1.82, 2.24) is 9.97 Å². The van der Waals surface area contributed by atoms with E-state index < -0.39 is 0 Å². The van der Waals surface area contributed by atoms with E-state index in [1.165, 1.54) is 6.08 Å². The Morgan fingerprint density at radius 1 is 1.32 bits per heavy atom. The molecule has 5 heteroatoms. The van der Waals surface area contributed by atoms with E-state index in [9.17, 15) is 4.79 Å². The largest absolute Gasteiger partial charge is 0.324 e. The van der Waals surface area contributed by atoms with Crippen LogP contribution in [0.15, 0.2) is 49.2 Å². The number of benzene rings is 1. The van der Waals surface area contributed by atoms with Gasteiger partial charge in [0, 0.05) is 23.3 Å². The van der Waals surface area contributed by atoms with Crippen molar-refractivity contribution in [3.8, 4) is 0 Å². The second kappa shape index (κ2) is 5.77. The monoisotopic (exact) mass is 254 g/mol. The lowest BCUT2D eigenvalue weighted by Gasteiger charge is -2.07. The number of anilines is 3. The van der Waals surface area contributed by atoms with Gasteiger partial charge in [0.1, 0.15) is 0 Å². The molecule has 19 heavy (non-hydrogen) atoms. The van der Waals surface area contributed by atoms with Crippen molar-refractivity contribution in [2.75, 3.05) is 10.6 Å². The van der Waals surface area contributed by atoms with E-state index in [0.29, 0.717) is 11.6 Å². The topological polar surface area (TPSA) is 66.9 Å². The normalized spacial score (nSPS) is 9.74. The molecule has 1 aromatic carbocycles. The lowest BCUT2D eigenvalue weighted by atomic mass is 10.2. The quantitative estimate of drug-likeness (QED) is 0.823. The van der Waals surface area contributed by atoms with Crippen LogP contribution in [0.4, 0.5) is 17.3 Å². The lowest BCUT2D eigenvalue weighted by molar-refractivity contribution is -0.111. The van der Waals surface area contributed by atoms with E-state index in [-0.39, 0.29) is 5.91 Å². The van der Waals surface area contributed by atoms with E-state index in [1.807, 2.05) is 25.1 Å². The van der Waals surface area contributed by atoms with Gasteiger partial charge < -0.3 is 10.6 Å². The smallest absolute Gasteiger partial charge is 0.247 e. The zero-order chi connectivity index (χ0) is 13.7. The molecular formula is C14H14N4O. The number of hydrogen-bond donors (Lipinski definition) is 2.